The predicted molar refractivity (Wildman–Crippen MR) is 102 cm³/mol. The second kappa shape index (κ2) is 9.03. The van der Waals surface area contributed by atoms with Crippen molar-refractivity contribution in [2.75, 3.05) is 18.5 Å². The molecule has 2 aromatic heterocycles. The van der Waals surface area contributed by atoms with E-state index in [1.165, 1.54) is 17.6 Å². The second-order valence-electron chi connectivity index (χ2n) is 6.75. The minimum atomic E-state index is -1.15. The molecule has 3 rings (SSSR count). The summed E-state index contributed by atoms with van der Waals surface area (Å²) in [6, 6.07) is 3.52. The third-order valence-corrected chi connectivity index (χ3v) is 5.62. The highest BCUT2D eigenvalue weighted by molar-refractivity contribution is 7.17. The van der Waals surface area contributed by atoms with Gasteiger partial charge in [-0.15, -0.1) is 11.3 Å². The van der Waals surface area contributed by atoms with Crippen LogP contribution in [-0.4, -0.2) is 36.1 Å². The Bertz CT molecular complexity index is 858. The van der Waals surface area contributed by atoms with Gasteiger partial charge in [-0.05, 0) is 42.9 Å². The Morgan fingerprint density at radius 2 is 2.18 bits per heavy atom. The van der Waals surface area contributed by atoms with Crippen molar-refractivity contribution in [2.45, 2.75) is 32.7 Å². The number of anilines is 1. The van der Waals surface area contributed by atoms with Crippen molar-refractivity contribution >= 4 is 34.1 Å². The number of nitrogens with one attached hydrogen (secondary N) is 2. The summed E-state index contributed by atoms with van der Waals surface area (Å²) in [6.07, 6.45) is 4.17. The Morgan fingerprint density at radius 3 is 2.89 bits per heavy atom. The molecule has 0 saturated heterocycles. The first kappa shape index (κ1) is 20.1. The van der Waals surface area contributed by atoms with Crippen LogP contribution in [0.3, 0.4) is 0 Å². The summed E-state index contributed by atoms with van der Waals surface area (Å²) in [5, 5.41) is 14.6. The van der Waals surface area contributed by atoms with Gasteiger partial charge >= 0.3 is 5.97 Å². The van der Waals surface area contributed by atoms with Crippen molar-refractivity contribution in [1.82, 2.24) is 5.32 Å². The summed E-state index contributed by atoms with van der Waals surface area (Å²) in [5.41, 5.74) is 1.45. The van der Waals surface area contributed by atoms with Gasteiger partial charge in [-0.25, -0.2) is 4.79 Å². The molecule has 0 fully saturated rings. The molecule has 8 nitrogen and oxygen atoms in total. The molecule has 3 N–H and O–H groups in total. The number of hydrogen-bond acceptors (Lipinski definition) is 6. The van der Waals surface area contributed by atoms with E-state index >= 15 is 0 Å². The number of amides is 2. The van der Waals surface area contributed by atoms with E-state index in [-0.39, 0.29) is 12.5 Å². The van der Waals surface area contributed by atoms with Crippen molar-refractivity contribution < 1.29 is 28.6 Å². The summed E-state index contributed by atoms with van der Waals surface area (Å²) < 4.78 is 10.1. The average molecular weight is 406 g/mol. The molecule has 0 aliphatic heterocycles. The molecule has 2 amide bonds. The van der Waals surface area contributed by atoms with E-state index in [0.29, 0.717) is 22.2 Å². The first-order valence-electron chi connectivity index (χ1n) is 8.98. The molecule has 1 atom stereocenters. The molecule has 9 heteroatoms. The molecule has 28 heavy (non-hydrogen) atoms. The number of rotatable bonds is 8. The van der Waals surface area contributed by atoms with Crippen molar-refractivity contribution in [3.63, 3.8) is 0 Å². The number of hydrogen-bond donors (Lipinski definition) is 3. The lowest BCUT2D eigenvalue weighted by atomic mass is 9.88. The zero-order valence-corrected chi connectivity index (χ0v) is 16.3. The van der Waals surface area contributed by atoms with E-state index in [9.17, 15) is 14.4 Å². The van der Waals surface area contributed by atoms with Crippen LogP contribution in [0, 0.1) is 5.92 Å². The van der Waals surface area contributed by atoms with E-state index in [1.54, 1.807) is 12.1 Å². The van der Waals surface area contributed by atoms with Crippen LogP contribution in [0.1, 0.15) is 39.9 Å². The molecule has 0 radical (unpaired) electrons. The number of carboxylic acid groups (broad SMARTS) is 1. The Labute approximate surface area is 165 Å². The first-order valence-corrected chi connectivity index (χ1v) is 9.80. The molecule has 1 unspecified atom stereocenters. The van der Waals surface area contributed by atoms with Crippen LogP contribution >= 0.6 is 11.3 Å². The zero-order chi connectivity index (χ0) is 20.1. The third kappa shape index (κ3) is 4.99. The van der Waals surface area contributed by atoms with Gasteiger partial charge in [0, 0.05) is 4.88 Å². The van der Waals surface area contributed by atoms with Crippen LogP contribution < -0.4 is 10.6 Å². The van der Waals surface area contributed by atoms with E-state index in [4.69, 9.17) is 14.3 Å². The van der Waals surface area contributed by atoms with Gasteiger partial charge in [0.05, 0.1) is 18.4 Å². The normalized spacial score (nSPS) is 15.7. The van der Waals surface area contributed by atoms with Gasteiger partial charge in [-0.3, -0.25) is 9.59 Å². The minimum Gasteiger partial charge on any atom is -0.480 e. The molecular formula is C19H22N2O6S. The van der Waals surface area contributed by atoms with Crippen molar-refractivity contribution in [3.05, 3.63) is 40.2 Å². The topological polar surface area (TPSA) is 118 Å². The number of ether oxygens (including phenoxy) is 1. The highest BCUT2D eigenvalue weighted by atomic mass is 32.1. The van der Waals surface area contributed by atoms with Gasteiger partial charge in [-0.1, -0.05) is 6.92 Å². The average Bonchev–Trinajstić information content (AvgIpc) is 3.26. The van der Waals surface area contributed by atoms with Crippen molar-refractivity contribution in [1.29, 1.82) is 0 Å². The Hall–Kier alpha value is -2.65. The molecule has 0 aromatic carbocycles. The monoisotopic (exact) mass is 406 g/mol. The molecule has 1 aliphatic carbocycles. The van der Waals surface area contributed by atoms with Gasteiger partial charge < -0.3 is 24.9 Å². The number of carboxylic acids is 1. The fourth-order valence-corrected chi connectivity index (χ4v) is 4.57. The highest BCUT2D eigenvalue weighted by Gasteiger charge is 2.28. The maximum absolute atomic E-state index is 12.9. The number of aliphatic carboxylic acids is 1. The summed E-state index contributed by atoms with van der Waals surface area (Å²) in [4.78, 5) is 36.6. The maximum atomic E-state index is 12.9. The molecule has 0 saturated carbocycles. The van der Waals surface area contributed by atoms with Gasteiger partial charge in [0.25, 0.3) is 11.8 Å². The van der Waals surface area contributed by atoms with Crippen LogP contribution in [0.25, 0.3) is 0 Å². The van der Waals surface area contributed by atoms with Crippen LogP contribution in [0.2, 0.25) is 0 Å². The van der Waals surface area contributed by atoms with E-state index in [1.807, 2.05) is 0 Å². The molecule has 1 aliphatic rings. The van der Waals surface area contributed by atoms with Crippen molar-refractivity contribution in [3.8, 4) is 0 Å². The third-order valence-electron chi connectivity index (χ3n) is 4.45. The standard InChI is InChI=1S/C19H22N2O6S/c1-11-4-5-13-14(7-11)28-19(21-15(22)9-26-10-16(23)24)17(13)18(25)20-8-12-3-2-6-27-12/h2-3,6,11H,4-5,7-10H2,1H3,(H,20,25)(H,21,22)(H,23,24). The summed E-state index contributed by atoms with van der Waals surface area (Å²) in [7, 11) is 0. The van der Waals surface area contributed by atoms with E-state index < -0.39 is 25.1 Å². The van der Waals surface area contributed by atoms with Gasteiger partial charge in [0.15, 0.2) is 0 Å². The Balaban J connectivity index is 1.75. The molecular weight excluding hydrogens is 384 g/mol. The molecule has 2 aromatic rings. The number of thiophene rings is 1. The fraction of sp³-hybridized carbons (Fsp3) is 0.421. The SMILES string of the molecule is CC1CCc2c(sc(NC(=O)COCC(=O)O)c2C(=O)NCc2ccco2)C1. The summed E-state index contributed by atoms with van der Waals surface area (Å²) >= 11 is 1.40. The number of furan rings is 1. The number of carbonyl (C=O) groups is 3. The predicted octanol–water partition coefficient (Wildman–Crippen LogP) is 2.44. The lowest BCUT2D eigenvalue weighted by Crippen LogP contribution is -2.26. The Kier molecular flexibility index (Phi) is 6.48. The minimum absolute atomic E-state index is 0.252. The van der Waals surface area contributed by atoms with Crippen LogP contribution in [0.4, 0.5) is 5.00 Å². The molecule has 150 valence electrons. The first-order chi connectivity index (χ1) is 13.4. The van der Waals surface area contributed by atoms with Gasteiger partial charge in [0.2, 0.25) is 0 Å². The van der Waals surface area contributed by atoms with Gasteiger partial charge in [-0.2, -0.15) is 0 Å². The highest BCUT2D eigenvalue weighted by Crippen LogP contribution is 2.39. The smallest absolute Gasteiger partial charge is 0.329 e. The second-order valence-corrected chi connectivity index (χ2v) is 7.86. The van der Waals surface area contributed by atoms with E-state index in [0.717, 1.165) is 29.7 Å². The summed E-state index contributed by atoms with van der Waals surface area (Å²) in [5.74, 6) is -0.754. The fourth-order valence-electron chi connectivity index (χ4n) is 3.14. The quantitative estimate of drug-likeness (QED) is 0.620. The van der Waals surface area contributed by atoms with Crippen LogP contribution in [0.5, 0.6) is 0 Å². The number of carbonyl (C=O) groups excluding carboxylic acids is 2. The van der Waals surface area contributed by atoms with Crippen LogP contribution in [0.15, 0.2) is 22.8 Å². The largest absolute Gasteiger partial charge is 0.480 e. The molecule has 2 heterocycles. The van der Waals surface area contributed by atoms with Gasteiger partial charge in [0.1, 0.15) is 24.0 Å². The lowest BCUT2D eigenvalue weighted by Gasteiger charge is -2.18. The number of fused-ring (bicyclic) bond motifs is 1. The summed E-state index contributed by atoms with van der Waals surface area (Å²) in [6.45, 7) is 1.47. The van der Waals surface area contributed by atoms with Crippen molar-refractivity contribution in [2.24, 2.45) is 5.92 Å². The molecule has 0 spiro atoms. The van der Waals surface area contributed by atoms with E-state index in [2.05, 4.69) is 17.6 Å². The Morgan fingerprint density at radius 1 is 1.36 bits per heavy atom. The molecule has 0 bridgehead atoms. The lowest BCUT2D eigenvalue weighted by molar-refractivity contribution is -0.143. The van der Waals surface area contributed by atoms with Crippen LogP contribution in [-0.2, 0) is 33.7 Å². The maximum Gasteiger partial charge on any atom is 0.329 e. The zero-order valence-electron chi connectivity index (χ0n) is 15.4.